The average Bonchev–Trinajstić information content (AvgIpc) is 3.02. The maximum Gasteiger partial charge on any atom is 0.312 e. The number of aromatic hydroxyl groups is 2. The summed E-state index contributed by atoms with van der Waals surface area (Å²) >= 11 is 0. The third kappa shape index (κ3) is 5.05. The highest BCUT2D eigenvalue weighted by atomic mass is 16.5. The van der Waals surface area contributed by atoms with Crippen LogP contribution in [0.5, 0.6) is 28.7 Å². The van der Waals surface area contributed by atoms with Gasteiger partial charge in [0, 0.05) is 23.1 Å². The van der Waals surface area contributed by atoms with Crippen LogP contribution in [0.4, 0.5) is 0 Å². The summed E-state index contributed by atoms with van der Waals surface area (Å²) in [5.41, 5.74) is 3.06. The fraction of sp³-hybridized carbons (Fsp3) is 0.200. The minimum absolute atomic E-state index is 0.00666. The SMILES string of the molecule is COc1cccc([C@@H]2CC(=O)Oc3c(O)c(O)c4c(=O)cc(-c5ccccc5)oc4c32)c1OCc1ccc(C(C)C)cc1. The molecule has 8 nitrogen and oxygen atoms in total. The summed E-state index contributed by atoms with van der Waals surface area (Å²) in [5.74, 6) is -1.61. The Balaban J connectivity index is 1.53. The first-order valence-corrected chi connectivity index (χ1v) is 14.0. The molecule has 0 unspecified atom stereocenters. The summed E-state index contributed by atoms with van der Waals surface area (Å²) in [7, 11) is 1.52. The van der Waals surface area contributed by atoms with Crippen molar-refractivity contribution in [3.05, 3.63) is 111 Å². The first-order valence-electron chi connectivity index (χ1n) is 14.0. The van der Waals surface area contributed by atoms with Gasteiger partial charge in [-0.05, 0) is 23.1 Å². The van der Waals surface area contributed by atoms with Gasteiger partial charge in [0.1, 0.15) is 23.3 Å². The number of carbonyl (C=O) groups is 1. The van der Waals surface area contributed by atoms with Crippen LogP contribution < -0.4 is 19.6 Å². The number of carbonyl (C=O) groups excluding carboxylic acids is 1. The Hall–Kier alpha value is -5.24. The molecule has 6 rings (SSSR count). The van der Waals surface area contributed by atoms with Crippen molar-refractivity contribution >= 4 is 16.9 Å². The van der Waals surface area contributed by atoms with Gasteiger partial charge in [-0.3, -0.25) is 9.59 Å². The van der Waals surface area contributed by atoms with Crippen LogP contribution in [0, 0.1) is 0 Å². The fourth-order valence-electron chi connectivity index (χ4n) is 5.49. The minimum atomic E-state index is -0.771. The molecular weight excluding hydrogens is 548 g/mol. The Morgan fingerprint density at radius 3 is 2.37 bits per heavy atom. The van der Waals surface area contributed by atoms with Crippen LogP contribution in [-0.2, 0) is 11.4 Å². The van der Waals surface area contributed by atoms with E-state index in [1.54, 1.807) is 30.3 Å². The smallest absolute Gasteiger partial charge is 0.312 e. The summed E-state index contributed by atoms with van der Waals surface area (Å²) in [6.07, 6.45) is -0.141. The van der Waals surface area contributed by atoms with E-state index in [0.29, 0.717) is 28.5 Å². The van der Waals surface area contributed by atoms with Crippen LogP contribution in [0.3, 0.4) is 0 Å². The zero-order valence-electron chi connectivity index (χ0n) is 23.9. The van der Waals surface area contributed by atoms with Crippen molar-refractivity contribution < 1.29 is 33.6 Å². The lowest BCUT2D eigenvalue weighted by atomic mass is 9.84. The van der Waals surface area contributed by atoms with E-state index >= 15 is 0 Å². The van der Waals surface area contributed by atoms with Gasteiger partial charge in [0.15, 0.2) is 28.4 Å². The molecule has 0 spiro atoms. The van der Waals surface area contributed by atoms with Gasteiger partial charge < -0.3 is 28.8 Å². The van der Waals surface area contributed by atoms with E-state index in [0.717, 1.165) is 5.56 Å². The molecule has 0 saturated heterocycles. The molecule has 218 valence electrons. The van der Waals surface area contributed by atoms with Crippen LogP contribution in [0.25, 0.3) is 22.3 Å². The second-order valence-electron chi connectivity index (χ2n) is 10.8. The number of benzene rings is 4. The van der Waals surface area contributed by atoms with Crippen molar-refractivity contribution in [3.63, 3.8) is 0 Å². The molecule has 8 heteroatoms. The van der Waals surface area contributed by atoms with Crippen molar-refractivity contribution in [3.8, 4) is 40.1 Å². The Kier molecular flexibility index (Phi) is 7.27. The number of ether oxygens (including phenoxy) is 3. The molecule has 5 aromatic rings. The van der Waals surface area contributed by atoms with Gasteiger partial charge in [0.2, 0.25) is 5.75 Å². The lowest BCUT2D eigenvalue weighted by Crippen LogP contribution is -2.22. The molecule has 0 radical (unpaired) electrons. The third-order valence-corrected chi connectivity index (χ3v) is 7.74. The molecule has 1 aromatic heterocycles. The quantitative estimate of drug-likeness (QED) is 0.120. The summed E-state index contributed by atoms with van der Waals surface area (Å²) in [4.78, 5) is 26.3. The van der Waals surface area contributed by atoms with Gasteiger partial charge in [0.25, 0.3) is 0 Å². The molecule has 1 atom stereocenters. The van der Waals surface area contributed by atoms with Gasteiger partial charge >= 0.3 is 5.97 Å². The molecule has 0 fully saturated rings. The molecule has 0 amide bonds. The van der Waals surface area contributed by atoms with Crippen molar-refractivity contribution in [2.24, 2.45) is 0 Å². The second kappa shape index (κ2) is 11.2. The average molecular weight is 579 g/mol. The first-order chi connectivity index (χ1) is 20.8. The van der Waals surface area contributed by atoms with E-state index in [9.17, 15) is 19.8 Å². The topological polar surface area (TPSA) is 115 Å². The van der Waals surface area contributed by atoms with Crippen LogP contribution in [-0.4, -0.2) is 23.3 Å². The Morgan fingerprint density at radius 1 is 0.930 bits per heavy atom. The number of phenolic OH excluding ortho intramolecular Hbond substituents is 2. The van der Waals surface area contributed by atoms with E-state index in [1.807, 2.05) is 30.3 Å². The number of hydrogen-bond donors (Lipinski definition) is 2. The lowest BCUT2D eigenvalue weighted by molar-refractivity contribution is -0.135. The number of hydrogen-bond acceptors (Lipinski definition) is 8. The highest BCUT2D eigenvalue weighted by Gasteiger charge is 2.38. The third-order valence-electron chi connectivity index (χ3n) is 7.74. The molecule has 43 heavy (non-hydrogen) atoms. The molecule has 2 heterocycles. The molecule has 1 aliphatic rings. The zero-order chi connectivity index (χ0) is 30.2. The predicted molar refractivity (Wildman–Crippen MR) is 161 cm³/mol. The molecule has 0 aliphatic carbocycles. The molecule has 0 saturated carbocycles. The van der Waals surface area contributed by atoms with E-state index < -0.39 is 28.8 Å². The minimum Gasteiger partial charge on any atom is -0.504 e. The molecule has 4 aromatic carbocycles. The van der Waals surface area contributed by atoms with Crippen LogP contribution in [0.2, 0.25) is 0 Å². The monoisotopic (exact) mass is 578 g/mol. The van der Waals surface area contributed by atoms with E-state index in [1.165, 1.54) is 18.7 Å². The summed E-state index contributed by atoms with van der Waals surface area (Å²) in [5, 5.41) is 21.6. The van der Waals surface area contributed by atoms with Gasteiger partial charge in [-0.1, -0.05) is 80.6 Å². The first kappa shape index (κ1) is 27.9. The number of fused-ring (bicyclic) bond motifs is 3. The highest BCUT2D eigenvalue weighted by Crippen LogP contribution is 2.54. The predicted octanol–water partition coefficient (Wildman–Crippen LogP) is 7.02. The number of para-hydroxylation sites is 1. The number of esters is 1. The number of rotatable bonds is 7. The van der Waals surface area contributed by atoms with Crippen molar-refractivity contribution in [2.45, 2.75) is 38.7 Å². The summed E-state index contributed by atoms with van der Waals surface area (Å²) in [6.45, 7) is 4.49. The summed E-state index contributed by atoms with van der Waals surface area (Å²) in [6, 6.07) is 23.8. The maximum atomic E-state index is 13.3. The van der Waals surface area contributed by atoms with Crippen LogP contribution in [0.15, 0.2) is 88.1 Å². The highest BCUT2D eigenvalue weighted by molar-refractivity contribution is 5.96. The van der Waals surface area contributed by atoms with Crippen molar-refractivity contribution in [2.75, 3.05) is 7.11 Å². The van der Waals surface area contributed by atoms with E-state index in [-0.39, 0.29) is 41.1 Å². The van der Waals surface area contributed by atoms with Crippen molar-refractivity contribution in [1.29, 1.82) is 0 Å². The van der Waals surface area contributed by atoms with Gasteiger partial charge in [-0.15, -0.1) is 0 Å². The Bertz CT molecular complexity index is 1890. The normalized spacial score (nSPS) is 14.4. The number of phenols is 2. The maximum absolute atomic E-state index is 13.3. The van der Waals surface area contributed by atoms with E-state index in [2.05, 4.69) is 26.0 Å². The standard InChI is InChI=1S/C35H30O8/c1-19(2)21-14-12-20(13-15-21)18-41-33-23(10-7-11-26(33)40-3)24-16-28(37)43-35-29(24)34-30(31(38)32(35)39)25(36)17-27(42-34)22-8-5-4-6-9-22/h4-15,17,19,24,38-39H,16,18H2,1-3H3/t24-/m0/s1. The molecule has 0 bridgehead atoms. The molecule has 1 aliphatic heterocycles. The molecular formula is C35H30O8. The Morgan fingerprint density at radius 2 is 1.67 bits per heavy atom. The zero-order valence-corrected chi connectivity index (χ0v) is 23.9. The van der Waals surface area contributed by atoms with Gasteiger partial charge in [-0.2, -0.15) is 0 Å². The van der Waals surface area contributed by atoms with Gasteiger partial charge in [-0.25, -0.2) is 0 Å². The second-order valence-corrected chi connectivity index (χ2v) is 10.8. The largest absolute Gasteiger partial charge is 0.504 e. The fourth-order valence-corrected chi connectivity index (χ4v) is 5.49. The van der Waals surface area contributed by atoms with Crippen molar-refractivity contribution in [1.82, 2.24) is 0 Å². The van der Waals surface area contributed by atoms with Crippen LogP contribution >= 0.6 is 0 Å². The van der Waals surface area contributed by atoms with Crippen LogP contribution in [0.1, 0.15) is 54.4 Å². The number of methoxy groups -OCH3 is 1. The van der Waals surface area contributed by atoms with Gasteiger partial charge in [0.05, 0.1) is 19.1 Å². The Labute approximate surface area is 247 Å². The molecule has 2 N–H and O–H groups in total. The van der Waals surface area contributed by atoms with E-state index in [4.69, 9.17) is 18.6 Å². The summed E-state index contributed by atoms with van der Waals surface area (Å²) < 4.78 is 23.7. The lowest BCUT2D eigenvalue weighted by Gasteiger charge is -2.28.